The molecular formula is C12H20N2O4S. The van der Waals surface area contributed by atoms with Crippen LogP contribution in [0.2, 0.25) is 0 Å². The van der Waals surface area contributed by atoms with Crippen LogP contribution in [-0.4, -0.2) is 37.5 Å². The normalized spacial score (nSPS) is 20.1. The molecule has 6 nitrogen and oxygen atoms in total. The molecule has 7 heteroatoms. The number of furan rings is 1. The van der Waals surface area contributed by atoms with Crippen LogP contribution in [0.1, 0.15) is 37.5 Å². The van der Waals surface area contributed by atoms with E-state index in [9.17, 15) is 13.5 Å². The predicted molar refractivity (Wildman–Crippen MR) is 70.6 cm³/mol. The molecular weight excluding hydrogens is 268 g/mol. The van der Waals surface area contributed by atoms with Gasteiger partial charge in [0.05, 0.1) is 12.9 Å². The van der Waals surface area contributed by atoms with E-state index in [1.165, 1.54) is 10.6 Å². The molecule has 2 rings (SSSR count). The molecule has 1 fully saturated rings. The Morgan fingerprint density at radius 1 is 1.32 bits per heavy atom. The van der Waals surface area contributed by atoms with E-state index in [1.807, 2.05) is 0 Å². The molecule has 19 heavy (non-hydrogen) atoms. The van der Waals surface area contributed by atoms with E-state index in [0.29, 0.717) is 18.8 Å². The molecule has 1 saturated heterocycles. The van der Waals surface area contributed by atoms with Gasteiger partial charge in [0, 0.05) is 13.1 Å². The molecule has 2 N–H and O–H groups in total. The summed E-state index contributed by atoms with van der Waals surface area (Å²) in [6.07, 6.45) is 5.34. The molecule has 2 heterocycles. The minimum absolute atomic E-state index is 0.333. The number of nitrogens with one attached hydrogen (secondary N) is 1. The fourth-order valence-electron chi connectivity index (χ4n) is 2.21. The van der Waals surface area contributed by atoms with Gasteiger partial charge in [-0.3, -0.25) is 0 Å². The van der Waals surface area contributed by atoms with Crippen LogP contribution in [0.15, 0.2) is 22.8 Å². The molecule has 1 atom stereocenters. The summed E-state index contributed by atoms with van der Waals surface area (Å²) in [5.74, 6) is 0.417. The third-order valence-electron chi connectivity index (χ3n) is 3.27. The first-order chi connectivity index (χ1) is 9.13. The zero-order valence-corrected chi connectivity index (χ0v) is 11.6. The standard InChI is InChI=1S/C12H20N2O4S/c15-10-11(12-6-5-9-18-12)13-19(16,17)14-7-3-1-2-4-8-14/h5-6,9,11,13,15H,1-4,7-8,10H2/t11-/m1/s1. The summed E-state index contributed by atoms with van der Waals surface area (Å²) < 4.78 is 33.6. The first-order valence-electron chi connectivity index (χ1n) is 6.55. The Morgan fingerprint density at radius 2 is 2.00 bits per heavy atom. The quantitative estimate of drug-likeness (QED) is 0.847. The summed E-state index contributed by atoms with van der Waals surface area (Å²) in [4.78, 5) is 0. The minimum Gasteiger partial charge on any atom is -0.468 e. The lowest BCUT2D eigenvalue weighted by molar-refractivity contribution is 0.239. The first kappa shape index (κ1) is 14.5. The van der Waals surface area contributed by atoms with E-state index in [1.54, 1.807) is 12.1 Å². The first-order valence-corrected chi connectivity index (χ1v) is 7.99. The summed E-state index contributed by atoms with van der Waals surface area (Å²) in [6, 6.07) is 2.58. The minimum atomic E-state index is -3.58. The van der Waals surface area contributed by atoms with E-state index in [-0.39, 0.29) is 6.61 Å². The van der Waals surface area contributed by atoms with E-state index in [4.69, 9.17) is 4.42 Å². The monoisotopic (exact) mass is 288 g/mol. The van der Waals surface area contributed by atoms with Crippen molar-refractivity contribution in [3.8, 4) is 0 Å². The molecule has 0 spiro atoms. The summed E-state index contributed by atoms with van der Waals surface area (Å²) in [6.45, 7) is 0.734. The molecule has 0 radical (unpaired) electrons. The van der Waals surface area contributed by atoms with Crippen molar-refractivity contribution >= 4 is 10.2 Å². The van der Waals surface area contributed by atoms with E-state index >= 15 is 0 Å². The molecule has 108 valence electrons. The summed E-state index contributed by atoms with van der Waals surface area (Å²) in [7, 11) is -3.58. The number of hydrogen-bond acceptors (Lipinski definition) is 4. The summed E-state index contributed by atoms with van der Waals surface area (Å²) in [5, 5.41) is 9.31. The highest BCUT2D eigenvalue weighted by atomic mass is 32.2. The maximum atomic E-state index is 12.3. The molecule has 1 aromatic rings. The van der Waals surface area contributed by atoms with Crippen LogP contribution in [0.5, 0.6) is 0 Å². The Morgan fingerprint density at radius 3 is 2.53 bits per heavy atom. The molecule has 0 aromatic carbocycles. The topological polar surface area (TPSA) is 82.8 Å². The second-order valence-corrected chi connectivity index (χ2v) is 6.39. The third-order valence-corrected chi connectivity index (χ3v) is 4.89. The van der Waals surface area contributed by atoms with Crippen LogP contribution in [-0.2, 0) is 10.2 Å². The number of aliphatic hydroxyl groups is 1. The fraction of sp³-hybridized carbons (Fsp3) is 0.667. The molecule has 0 unspecified atom stereocenters. The van der Waals surface area contributed by atoms with Crippen molar-refractivity contribution in [1.82, 2.24) is 9.03 Å². The van der Waals surface area contributed by atoms with Gasteiger partial charge in [0.25, 0.3) is 10.2 Å². The highest BCUT2D eigenvalue weighted by Gasteiger charge is 2.27. The average molecular weight is 288 g/mol. The number of aliphatic hydroxyl groups excluding tert-OH is 1. The van der Waals surface area contributed by atoms with Crippen molar-refractivity contribution in [3.05, 3.63) is 24.2 Å². The Hall–Kier alpha value is -0.890. The fourth-order valence-corrected chi connectivity index (χ4v) is 3.65. The lowest BCUT2D eigenvalue weighted by Gasteiger charge is -2.23. The van der Waals surface area contributed by atoms with Crippen molar-refractivity contribution in [1.29, 1.82) is 0 Å². The molecule has 0 aliphatic carbocycles. The van der Waals surface area contributed by atoms with E-state index < -0.39 is 16.3 Å². The molecule has 1 aromatic heterocycles. The smallest absolute Gasteiger partial charge is 0.280 e. The van der Waals surface area contributed by atoms with Gasteiger partial charge < -0.3 is 9.52 Å². The molecule has 1 aliphatic rings. The van der Waals surface area contributed by atoms with Crippen LogP contribution in [0, 0.1) is 0 Å². The van der Waals surface area contributed by atoms with Crippen molar-refractivity contribution in [2.75, 3.05) is 19.7 Å². The highest BCUT2D eigenvalue weighted by Crippen LogP contribution is 2.17. The lowest BCUT2D eigenvalue weighted by Crippen LogP contribution is -2.43. The van der Waals surface area contributed by atoms with Gasteiger partial charge >= 0.3 is 0 Å². The Bertz CT molecular complexity index is 464. The van der Waals surface area contributed by atoms with E-state index in [2.05, 4.69) is 4.72 Å². The van der Waals surface area contributed by atoms with Crippen LogP contribution in [0.4, 0.5) is 0 Å². The van der Waals surface area contributed by atoms with Gasteiger partial charge in [-0.1, -0.05) is 12.8 Å². The molecule has 0 saturated carbocycles. The van der Waals surface area contributed by atoms with Crippen LogP contribution in [0.25, 0.3) is 0 Å². The van der Waals surface area contributed by atoms with Crippen LogP contribution < -0.4 is 4.72 Å². The SMILES string of the molecule is O=S(=O)(N[C@H](CO)c1ccco1)N1CCCCCC1. The Kier molecular flexibility index (Phi) is 4.98. The maximum absolute atomic E-state index is 12.3. The Balaban J connectivity index is 2.06. The van der Waals surface area contributed by atoms with Crippen LogP contribution in [0.3, 0.4) is 0 Å². The molecule has 0 bridgehead atoms. The van der Waals surface area contributed by atoms with Crippen molar-refractivity contribution in [2.45, 2.75) is 31.7 Å². The van der Waals surface area contributed by atoms with Gasteiger partial charge in [-0.25, -0.2) is 0 Å². The number of rotatable bonds is 5. The van der Waals surface area contributed by atoms with Crippen molar-refractivity contribution in [2.24, 2.45) is 0 Å². The van der Waals surface area contributed by atoms with Gasteiger partial charge in [0.2, 0.25) is 0 Å². The van der Waals surface area contributed by atoms with Gasteiger partial charge in [-0.15, -0.1) is 0 Å². The van der Waals surface area contributed by atoms with Gasteiger partial charge in [-0.05, 0) is 25.0 Å². The summed E-state index contributed by atoms with van der Waals surface area (Å²) >= 11 is 0. The van der Waals surface area contributed by atoms with Gasteiger partial charge in [0.15, 0.2) is 0 Å². The maximum Gasteiger partial charge on any atom is 0.280 e. The largest absolute Gasteiger partial charge is 0.468 e. The van der Waals surface area contributed by atoms with Gasteiger partial charge in [-0.2, -0.15) is 17.4 Å². The van der Waals surface area contributed by atoms with Crippen molar-refractivity contribution in [3.63, 3.8) is 0 Å². The Labute approximate surface area is 113 Å². The lowest BCUT2D eigenvalue weighted by atomic mass is 10.2. The van der Waals surface area contributed by atoms with Crippen LogP contribution >= 0.6 is 0 Å². The zero-order chi connectivity index (χ0) is 13.7. The van der Waals surface area contributed by atoms with Crippen molar-refractivity contribution < 1.29 is 17.9 Å². The summed E-state index contributed by atoms with van der Waals surface area (Å²) in [5.41, 5.74) is 0. The van der Waals surface area contributed by atoms with E-state index in [0.717, 1.165) is 25.7 Å². The second kappa shape index (κ2) is 6.51. The average Bonchev–Trinajstić information content (AvgIpc) is 2.77. The number of hydrogen-bond donors (Lipinski definition) is 2. The predicted octanol–water partition coefficient (Wildman–Crippen LogP) is 1.02. The molecule has 1 aliphatic heterocycles. The molecule has 0 amide bonds. The number of nitrogens with zero attached hydrogens (tertiary/aromatic N) is 1. The third kappa shape index (κ3) is 3.79. The zero-order valence-electron chi connectivity index (χ0n) is 10.8. The second-order valence-electron chi connectivity index (χ2n) is 4.69. The highest BCUT2D eigenvalue weighted by molar-refractivity contribution is 7.87. The van der Waals surface area contributed by atoms with Gasteiger partial charge in [0.1, 0.15) is 11.8 Å².